The van der Waals surface area contributed by atoms with Gasteiger partial charge in [0.1, 0.15) is 17.7 Å². The number of hydrogen-bond donors (Lipinski definition) is 0. The summed E-state index contributed by atoms with van der Waals surface area (Å²) < 4.78 is 23.3. The molecule has 2 rings (SSSR count). The number of halogens is 1. The second kappa shape index (κ2) is 3.46. The average molecular weight is 246 g/mol. The highest BCUT2D eigenvalue weighted by Gasteiger charge is 2.10. The molecule has 80 valence electrons. The highest BCUT2D eigenvalue weighted by Crippen LogP contribution is 2.10. The number of aromatic nitrogens is 3. The minimum absolute atomic E-state index is 0.269. The molecule has 0 fully saturated rings. The van der Waals surface area contributed by atoms with Gasteiger partial charge in [0.05, 0.1) is 5.69 Å². The zero-order valence-electron chi connectivity index (χ0n) is 7.88. The topological polar surface area (TPSA) is 64.3 Å². The number of imidazole rings is 1. The van der Waals surface area contributed by atoms with Crippen LogP contribution in [0.5, 0.6) is 0 Å². The molecule has 2 heterocycles. The molecular formula is C8H8ClN3O2S. The predicted molar refractivity (Wildman–Crippen MR) is 56.2 cm³/mol. The van der Waals surface area contributed by atoms with Gasteiger partial charge in [0, 0.05) is 28.6 Å². The monoisotopic (exact) mass is 245 g/mol. The summed E-state index contributed by atoms with van der Waals surface area (Å²) in [6, 6.07) is 1.77. The van der Waals surface area contributed by atoms with Gasteiger partial charge in [-0.3, -0.25) is 4.40 Å². The van der Waals surface area contributed by atoms with Crippen LogP contribution in [0.1, 0.15) is 11.4 Å². The minimum Gasteiger partial charge on any atom is -0.290 e. The van der Waals surface area contributed by atoms with Crippen molar-refractivity contribution in [2.75, 3.05) is 0 Å². The summed E-state index contributed by atoms with van der Waals surface area (Å²) in [6.45, 7) is 1.84. The van der Waals surface area contributed by atoms with Crippen LogP contribution >= 0.6 is 10.7 Å². The first-order valence-corrected chi connectivity index (χ1v) is 6.64. The van der Waals surface area contributed by atoms with Gasteiger partial charge < -0.3 is 0 Å². The van der Waals surface area contributed by atoms with E-state index >= 15 is 0 Å². The Bertz CT molecular complexity index is 605. The fourth-order valence-corrected chi connectivity index (χ4v) is 2.11. The molecule has 0 saturated heterocycles. The average Bonchev–Trinajstić information content (AvgIpc) is 2.42. The van der Waals surface area contributed by atoms with Crippen LogP contribution in [0.25, 0.3) is 5.65 Å². The molecule has 0 aliphatic heterocycles. The first-order chi connectivity index (χ1) is 6.94. The molecule has 5 nitrogen and oxygen atoms in total. The van der Waals surface area contributed by atoms with E-state index in [4.69, 9.17) is 10.7 Å². The Kier molecular flexibility index (Phi) is 2.40. The van der Waals surface area contributed by atoms with Crippen molar-refractivity contribution in [3.05, 3.63) is 30.0 Å². The van der Waals surface area contributed by atoms with Gasteiger partial charge in [0.15, 0.2) is 0 Å². The molecular weight excluding hydrogens is 238 g/mol. The van der Waals surface area contributed by atoms with Crippen molar-refractivity contribution in [2.45, 2.75) is 12.7 Å². The molecule has 0 atom stereocenters. The van der Waals surface area contributed by atoms with E-state index in [1.165, 1.54) is 0 Å². The van der Waals surface area contributed by atoms with Gasteiger partial charge in [-0.25, -0.2) is 18.4 Å². The van der Waals surface area contributed by atoms with Gasteiger partial charge in [-0.2, -0.15) is 0 Å². The zero-order chi connectivity index (χ0) is 11.1. The highest BCUT2D eigenvalue weighted by molar-refractivity contribution is 8.13. The number of hydrogen-bond acceptors (Lipinski definition) is 4. The van der Waals surface area contributed by atoms with Crippen LogP contribution in [-0.4, -0.2) is 22.8 Å². The van der Waals surface area contributed by atoms with E-state index in [1.54, 1.807) is 23.0 Å². The number of fused-ring (bicyclic) bond motifs is 1. The fraction of sp³-hybridized carbons (Fsp3) is 0.250. The van der Waals surface area contributed by atoms with E-state index < -0.39 is 9.05 Å². The standard InChI is InChI=1S/C8H8ClN3O2S/c1-6-2-8-11-7(4-15(9,13)14)3-12(8)5-10-6/h2-3,5H,4H2,1H3. The van der Waals surface area contributed by atoms with E-state index in [9.17, 15) is 8.42 Å². The SMILES string of the molecule is Cc1cc2nc(CS(=O)(=O)Cl)cn2cn1. The Labute approximate surface area is 91.2 Å². The van der Waals surface area contributed by atoms with Crippen LogP contribution in [0.2, 0.25) is 0 Å². The van der Waals surface area contributed by atoms with Gasteiger partial charge in [0.2, 0.25) is 9.05 Å². The normalized spacial score (nSPS) is 12.1. The summed E-state index contributed by atoms with van der Waals surface area (Å²) >= 11 is 0. The zero-order valence-corrected chi connectivity index (χ0v) is 9.46. The van der Waals surface area contributed by atoms with Gasteiger partial charge in [-0.15, -0.1) is 0 Å². The third-order valence-corrected chi connectivity index (χ3v) is 2.82. The summed E-state index contributed by atoms with van der Waals surface area (Å²) in [5.74, 6) is -0.269. The maximum absolute atomic E-state index is 10.8. The van der Waals surface area contributed by atoms with Crippen molar-refractivity contribution in [1.29, 1.82) is 0 Å². The molecule has 0 spiro atoms. The number of rotatable bonds is 2. The molecule has 0 aromatic carbocycles. The largest absolute Gasteiger partial charge is 0.290 e. The lowest BCUT2D eigenvalue weighted by Gasteiger charge is -1.91. The third-order valence-electron chi connectivity index (χ3n) is 1.85. The molecule has 0 unspecified atom stereocenters. The molecule has 0 amide bonds. The summed E-state index contributed by atoms with van der Waals surface area (Å²) in [6.07, 6.45) is 3.18. The van der Waals surface area contributed by atoms with Crippen LogP contribution in [0.4, 0.5) is 0 Å². The predicted octanol–water partition coefficient (Wildman–Crippen LogP) is 1.11. The molecule has 0 saturated carbocycles. The van der Waals surface area contributed by atoms with Crippen LogP contribution in [-0.2, 0) is 14.8 Å². The highest BCUT2D eigenvalue weighted by atomic mass is 35.7. The van der Waals surface area contributed by atoms with Crippen LogP contribution in [0.15, 0.2) is 18.6 Å². The van der Waals surface area contributed by atoms with Crippen molar-refractivity contribution in [3.63, 3.8) is 0 Å². The Hall–Kier alpha value is -1.14. The van der Waals surface area contributed by atoms with Crippen molar-refractivity contribution in [1.82, 2.24) is 14.4 Å². The van der Waals surface area contributed by atoms with Crippen LogP contribution < -0.4 is 0 Å². The first kappa shape index (κ1) is 10.4. The van der Waals surface area contributed by atoms with Crippen LogP contribution in [0, 0.1) is 6.92 Å². The lowest BCUT2D eigenvalue weighted by molar-refractivity contribution is 0.608. The number of aryl methyl sites for hydroxylation is 1. The molecule has 15 heavy (non-hydrogen) atoms. The van der Waals surface area contributed by atoms with Crippen molar-refractivity contribution in [2.24, 2.45) is 0 Å². The van der Waals surface area contributed by atoms with Gasteiger partial charge >= 0.3 is 0 Å². The van der Waals surface area contributed by atoms with E-state index in [0.717, 1.165) is 5.69 Å². The smallest absolute Gasteiger partial charge is 0.238 e. The number of nitrogens with zero attached hydrogens (tertiary/aromatic N) is 3. The Balaban J connectivity index is 2.48. The third kappa shape index (κ3) is 2.45. The quantitative estimate of drug-likeness (QED) is 0.744. The minimum atomic E-state index is -3.56. The second-order valence-electron chi connectivity index (χ2n) is 3.21. The molecule has 2 aromatic rings. The molecule has 2 aromatic heterocycles. The van der Waals surface area contributed by atoms with Gasteiger partial charge in [-0.05, 0) is 6.92 Å². The van der Waals surface area contributed by atoms with E-state index in [2.05, 4.69) is 9.97 Å². The van der Waals surface area contributed by atoms with Crippen molar-refractivity contribution in [3.8, 4) is 0 Å². The molecule has 0 aliphatic rings. The molecule has 7 heteroatoms. The Morgan fingerprint density at radius 2 is 2.27 bits per heavy atom. The first-order valence-electron chi connectivity index (χ1n) is 4.16. The molecule has 0 N–H and O–H groups in total. The second-order valence-corrected chi connectivity index (χ2v) is 5.99. The summed E-state index contributed by atoms with van der Waals surface area (Å²) in [5.41, 5.74) is 1.91. The Morgan fingerprint density at radius 3 is 2.93 bits per heavy atom. The van der Waals surface area contributed by atoms with E-state index in [-0.39, 0.29) is 5.75 Å². The summed E-state index contributed by atoms with van der Waals surface area (Å²) in [7, 11) is 1.57. The molecule has 0 bridgehead atoms. The maximum Gasteiger partial charge on any atom is 0.238 e. The van der Waals surface area contributed by atoms with E-state index in [0.29, 0.717) is 11.3 Å². The van der Waals surface area contributed by atoms with Crippen LogP contribution in [0.3, 0.4) is 0 Å². The maximum atomic E-state index is 10.8. The Morgan fingerprint density at radius 1 is 1.53 bits per heavy atom. The fourth-order valence-electron chi connectivity index (χ4n) is 1.28. The van der Waals surface area contributed by atoms with Gasteiger partial charge in [-0.1, -0.05) is 0 Å². The lowest BCUT2D eigenvalue weighted by Crippen LogP contribution is -1.94. The summed E-state index contributed by atoms with van der Waals surface area (Å²) in [5, 5.41) is 0. The molecule has 0 radical (unpaired) electrons. The van der Waals surface area contributed by atoms with Crippen molar-refractivity contribution < 1.29 is 8.42 Å². The van der Waals surface area contributed by atoms with E-state index in [1.807, 2.05) is 6.92 Å². The van der Waals surface area contributed by atoms with Crippen molar-refractivity contribution >= 4 is 25.4 Å². The van der Waals surface area contributed by atoms with Gasteiger partial charge in [0.25, 0.3) is 0 Å². The summed E-state index contributed by atoms with van der Waals surface area (Å²) in [4.78, 5) is 8.18. The lowest BCUT2D eigenvalue weighted by atomic mass is 10.4. The molecule has 0 aliphatic carbocycles.